The summed E-state index contributed by atoms with van der Waals surface area (Å²) >= 11 is 9.66. The van der Waals surface area contributed by atoms with Crippen LogP contribution in [-0.2, 0) is 20.9 Å². The number of benzene rings is 1. The molecule has 134 valence electrons. The van der Waals surface area contributed by atoms with Crippen LogP contribution in [0, 0.1) is 11.8 Å². The predicted molar refractivity (Wildman–Crippen MR) is 97.8 cm³/mol. The van der Waals surface area contributed by atoms with Crippen LogP contribution in [0.15, 0.2) is 34.9 Å². The lowest BCUT2D eigenvalue weighted by molar-refractivity contribution is -0.124. The van der Waals surface area contributed by atoms with Gasteiger partial charge in [-0.3, -0.25) is 14.3 Å². The van der Waals surface area contributed by atoms with E-state index < -0.39 is 0 Å². The molecule has 6 nitrogen and oxygen atoms in total. The summed E-state index contributed by atoms with van der Waals surface area (Å²) in [5, 5.41) is 5.13. The van der Waals surface area contributed by atoms with Crippen LogP contribution >= 0.6 is 27.5 Å². The molecule has 4 atom stereocenters. The third-order valence-corrected chi connectivity index (χ3v) is 6.41. The van der Waals surface area contributed by atoms with Gasteiger partial charge >= 0.3 is 0 Å². The molecule has 0 saturated carbocycles. The molecule has 0 unspecified atom stereocenters. The van der Waals surface area contributed by atoms with Crippen molar-refractivity contribution in [1.29, 1.82) is 0 Å². The first-order valence-electron chi connectivity index (χ1n) is 8.54. The summed E-state index contributed by atoms with van der Waals surface area (Å²) in [7, 11) is 0. The Labute approximate surface area is 163 Å². The molecule has 0 spiro atoms. The monoisotopic (exact) mass is 435 g/mol. The van der Waals surface area contributed by atoms with E-state index in [1.165, 1.54) is 4.90 Å². The normalized spacial score (nSPS) is 29.7. The van der Waals surface area contributed by atoms with Crippen molar-refractivity contribution in [3.05, 3.63) is 45.5 Å². The molecule has 3 fully saturated rings. The van der Waals surface area contributed by atoms with Crippen molar-refractivity contribution in [1.82, 2.24) is 9.78 Å². The minimum absolute atomic E-state index is 0.129. The minimum atomic E-state index is -0.359. The third-order valence-electron chi connectivity index (χ3n) is 5.49. The number of hydrogen-bond donors (Lipinski definition) is 0. The quantitative estimate of drug-likeness (QED) is 0.694. The van der Waals surface area contributed by atoms with Crippen LogP contribution in [0.3, 0.4) is 0 Å². The number of carbonyl (C=O) groups excluding carboxylic acids is 2. The summed E-state index contributed by atoms with van der Waals surface area (Å²) < 4.78 is 8.06. The average molecular weight is 437 g/mol. The number of fused-ring (bicyclic) bond motifs is 5. The Morgan fingerprint density at radius 2 is 1.81 bits per heavy atom. The maximum Gasteiger partial charge on any atom is 0.241 e. The van der Waals surface area contributed by atoms with E-state index in [0.29, 0.717) is 21.9 Å². The fourth-order valence-electron chi connectivity index (χ4n) is 4.34. The zero-order valence-electron chi connectivity index (χ0n) is 13.6. The van der Waals surface area contributed by atoms with Crippen molar-refractivity contribution < 1.29 is 14.3 Å². The second-order valence-electron chi connectivity index (χ2n) is 6.94. The summed E-state index contributed by atoms with van der Waals surface area (Å²) in [5.74, 6) is -0.767. The molecule has 2 amide bonds. The van der Waals surface area contributed by atoms with Crippen LogP contribution in [0.1, 0.15) is 18.4 Å². The van der Waals surface area contributed by atoms with Crippen molar-refractivity contribution in [2.75, 3.05) is 4.90 Å². The Kier molecular flexibility index (Phi) is 3.74. The van der Waals surface area contributed by atoms with Crippen LogP contribution < -0.4 is 4.90 Å². The molecule has 2 aromatic rings. The fourth-order valence-corrected chi connectivity index (χ4v) is 5.03. The Balaban J connectivity index is 1.46. The van der Waals surface area contributed by atoms with Gasteiger partial charge in [0.2, 0.25) is 11.8 Å². The van der Waals surface area contributed by atoms with Crippen LogP contribution in [-0.4, -0.2) is 33.8 Å². The molecule has 26 heavy (non-hydrogen) atoms. The number of halogens is 2. The first-order valence-corrected chi connectivity index (χ1v) is 9.71. The SMILES string of the molecule is O=C1[C@@H]2[C@H](C(=O)N1c1nn(Cc3ccccc3Cl)cc1Br)[C@@H]1CC[C@@H]2O1. The molecule has 8 heteroatoms. The van der Waals surface area contributed by atoms with Gasteiger partial charge in [-0.15, -0.1) is 0 Å². The fraction of sp³-hybridized carbons (Fsp3) is 0.389. The van der Waals surface area contributed by atoms with Gasteiger partial charge in [0.15, 0.2) is 5.82 Å². The van der Waals surface area contributed by atoms with E-state index in [-0.39, 0.29) is 35.9 Å². The summed E-state index contributed by atoms with van der Waals surface area (Å²) in [6.45, 7) is 0.454. The summed E-state index contributed by atoms with van der Waals surface area (Å²) in [6.07, 6.45) is 3.20. The Bertz CT molecular complexity index is 902. The molecule has 1 aromatic carbocycles. The number of amides is 2. The second-order valence-corrected chi connectivity index (χ2v) is 8.20. The van der Waals surface area contributed by atoms with Crippen LogP contribution in [0.5, 0.6) is 0 Å². The summed E-state index contributed by atoms with van der Waals surface area (Å²) in [4.78, 5) is 27.0. The number of ether oxygens (including phenoxy) is 1. The van der Waals surface area contributed by atoms with Crippen molar-refractivity contribution >= 4 is 45.2 Å². The third kappa shape index (κ3) is 2.30. The predicted octanol–water partition coefficient (Wildman–Crippen LogP) is 3.01. The number of nitrogens with zero attached hydrogens (tertiary/aromatic N) is 3. The zero-order chi connectivity index (χ0) is 18.0. The lowest BCUT2D eigenvalue weighted by atomic mass is 9.81. The molecule has 0 radical (unpaired) electrons. The zero-order valence-corrected chi connectivity index (χ0v) is 16.0. The van der Waals surface area contributed by atoms with E-state index in [0.717, 1.165) is 18.4 Å². The Morgan fingerprint density at radius 3 is 2.46 bits per heavy atom. The van der Waals surface area contributed by atoms with E-state index in [1.807, 2.05) is 24.3 Å². The molecule has 1 aromatic heterocycles. The van der Waals surface area contributed by atoms with Gasteiger partial charge in [0.25, 0.3) is 0 Å². The highest BCUT2D eigenvalue weighted by molar-refractivity contribution is 9.10. The lowest BCUT2D eigenvalue weighted by Gasteiger charge is -2.15. The van der Waals surface area contributed by atoms with Gasteiger partial charge in [-0.05, 0) is 40.4 Å². The van der Waals surface area contributed by atoms with Crippen molar-refractivity contribution in [3.8, 4) is 0 Å². The first-order chi connectivity index (χ1) is 12.5. The maximum absolute atomic E-state index is 12.9. The minimum Gasteiger partial charge on any atom is -0.373 e. The van der Waals surface area contributed by atoms with Gasteiger partial charge in [0.1, 0.15) is 0 Å². The number of carbonyl (C=O) groups is 2. The van der Waals surface area contributed by atoms with E-state index in [9.17, 15) is 9.59 Å². The second kappa shape index (κ2) is 5.90. The lowest BCUT2D eigenvalue weighted by Crippen LogP contribution is -2.34. The number of aromatic nitrogens is 2. The van der Waals surface area contributed by atoms with Crippen molar-refractivity contribution in [2.24, 2.45) is 11.8 Å². The van der Waals surface area contributed by atoms with Gasteiger partial charge in [0.05, 0.1) is 35.1 Å². The molecule has 4 heterocycles. The van der Waals surface area contributed by atoms with Gasteiger partial charge in [-0.2, -0.15) is 5.10 Å². The number of anilines is 1. The topological polar surface area (TPSA) is 64.4 Å². The molecule has 5 rings (SSSR count). The standard InChI is InChI=1S/C18H15BrClN3O3/c19-10-8-22(7-9-3-1-2-4-11(9)20)21-16(10)23-17(24)14-12-5-6-13(26-12)15(14)18(23)25/h1-4,8,12-15H,5-7H2/t12-,13-,14-,15+/m0/s1. The molecule has 3 saturated heterocycles. The van der Waals surface area contributed by atoms with Gasteiger partial charge in [0, 0.05) is 11.2 Å². The van der Waals surface area contributed by atoms with Crippen LogP contribution in [0.4, 0.5) is 5.82 Å². The summed E-state index contributed by atoms with van der Waals surface area (Å²) in [6, 6.07) is 7.52. The smallest absolute Gasteiger partial charge is 0.241 e. The number of imide groups is 1. The Hall–Kier alpha value is -1.70. The van der Waals surface area contributed by atoms with Gasteiger partial charge in [-0.25, -0.2) is 4.90 Å². The van der Waals surface area contributed by atoms with Crippen molar-refractivity contribution in [3.63, 3.8) is 0 Å². The largest absolute Gasteiger partial charge is 0.373 e. The van der Waals surface area contributed by atoms with E-state index in [2.05, 4.69) is 21.0 Å². The maximum atomic E-state index is 12.9. The molecule has 0 N–H and O–H groups in total. The molecule has 0 aliphatic carbocycles. The highest BCUT2D eigenvalue weighted by atomic mass is 79.9. The van der Waals surface area contributed by atoms with E-state index in [4.69, 9.17) is 16.3 Å². The van der Waals surface area contributed by atoms with Crippen molar-refractivity contribution in [2.45, 2.75) is 31.6 Å². The summed E-state index contributed by atoms with van der Waals surface area (Å²) in [5.41, 5.74) is 0.915. The highest BCUT2D eigenvalue weighted by Gasteiger charge is 2.63. The van der Waals surface area contributed by atoms with Gasteiger partial charge in [-0.1, -0.05) is 29.8 Å². The molecule has 3 aliphatic rings. The van der Waals surface area contributed by atoms with Crippen LogP contribution in [0.25, 0.3) is 0 Å². The molecular weight excluding hydrogens is 422 g/mol. The molecule has 2 bridgehead atoms. The highest BCUT2D eigenvalue weighted by Crippen LogP contribution is 2.49. The van der Waals surface area contributed by atoms with E-state index in [1.54, 1.807) is 10.9 Å². The number of hydrogen-bond acceptors (Lipinski definition) is 4. The van der Waals surface area contributed by atoms with Crippen LogP contribution in [0.2, 0.25) is 5.02 Å². The first kappa shape index (κ1) is 16.5. The van der Waals surface area contributed by atoms with E-state index >= 15 is 0 Å². The average Bonchev–Trinajstić information content (AvgIpc) is 3.35. The van der Waals surface area contributed by atoms with Gasteiger partial charge < -0.3 is 4.74 Å². The molecule has 3 aliphatic heterocycles. The molecular formula is C18H15BrClN3O3. The Morgan fingerprint density at radius 1 is 1.15 bits per heavy atom. The number of rotatable bonds is 3.